The fourth-order valence-corrected chi connectivity index (χ4v) is 2.21. The topological polar surface area (TPSA) is 35.2 Å². The second-order valence-electron chi connectivity index (χ2n) is 6.54. The molecule has 0 aliphatic heterocycles. The van der Waals surface area contributed by atoms with Crippen LogP contribution in [0.5, 0.6) is 5.75 Å². The van der Waals surface area contributed by atoms with Crippen LogP contribution in [0.1, 0.15) is 43.0 Å². The zero-order chi connectivity index (χ0) is 15.5. The Hall–Kier alpha value is -1.80. The average Bonchev–Trinajstić information content (AvgIpc) is 2.45. The van der Waals surface area contributed by atoms with Crippen LogP contribution in [0, 0.1) is 6.92 Å². The van der Waals surface area contributed by atoms with Crippen molar-refractivity contribution in [1.82, 2.24) is 0 Å². The molecule has 2 rings (SSSR count). The normalized spacial score (nSPS) is 11.5. The van der Waals surface area contributed by atoms with Gasteiger partial charge in [0.2, 0.25) is 0 Å². The van der Waals surface area contributed by atoms with Gasteiger partial charge in [0, 0.05) is 6.54 Å². The van der Waals surface area contributed by atoms with E-state index in [4.69, 9.17) is 10.5 Å². The van der Waals surface area contributed by atoms with E-state index >= 15 is 0 Å². The minimum atomic E-state index is 0.168. The van der Waals surface area contributed by atoms with Crippen molar-refractivity contribution in [3.8, 4) is 5.75 Å². The number of rotatable bonds is 4. The van der Waals surface area contributed by atoms with E-state index in [-0.39, 0.29) is 5.41 Å². The van der Waals surface area contributed by atoms with Crippen LogP contribution in [-0.4, -0.2) is 0 Å². The minimum Gasteiger partial charge on any atom is -0.489 e. The Morgan fingerprint density at radius 1 is 0.952 bits per heavy atom. The van der Waals surface area contributed by atoms with Crippen LogP contribution in [0.15, 0.2) is 42.5 Å². The predicted octanol–water partition coefficient (Wildman–Crippen LogP) is 4.33. The molecule has 0 aromatic heterocycles. The molecule has 0 fully saturated rings. The smallest absolute Gasteiger partial charge is 0.122 e. The van der Waals surface area contributed by atoms with Crippen molar-refractivity contribution in [3.05, 3.63) is 64.7 Å². The first kappa shape index (κ1) is 15.6. The number of nitrogens with two attached hydrogens (primary N) is 1. The van der Waals surface area contributed by atoms with Crippen LogP contribution >= 0.6 is 0 Å². The molecule has 0 aliphatic rings. The number of benzene rings is 2. The second kappa shape index (κ2) is 6.31. The highest BCUT2D eigenvalue weighted by Crippen LogP contribution is 2.27. The van der Waals surface area contributed by atoms with Crippen LogP contribution in [0.2, 0.25) is 0 Å². The van der Waals surface area contributed by atoms with Crippen molar-refractivity contribution >= 4 is 0 Å². The van der Waals surface area contributed by atoms with Gasteiger partial charge in [-0.25, -0.2) is 0 Å². The van der Waals surface area contributed by atoms with E-state index in [2.05, 4.69) is 58.0 Å². The van der Waals surface area contributed by atoms with Crippen molar-refractivity contribution < 1.29 is 4.74 Å². The Balaban J connectivity index is 2.06. The van der Waals surface area contributed by atoms with Gasteiger partial charge in [0.25, 0.3) is 0 Å². The number of aryl methyl sites for hydroxylation is 1. The molecular weight excluding hydrogens is 258 g/mol. The third-order valence-electron chi connectivity index (χ3n) is 3.69. The molecule has 2 aromatic rings. The molecule has 0 saturated carbocycles. The van der Waals surface area contributed by atoms with Gasteiger partial charge >= 0.3 is 0 Å². The first-order valence-corrected chi connectivity index (χ1v) is 7.42. The van der Waals surface area contributed by atoms with Crippen LogP contribution < -0.4 is 10.5 Å². The van der Waals surface area contributed by atoms with Crippen molar-refractivity contribution in [3.63, 3.8) is 0 Å². The van der Waals surface area contributed by atoms with Crippen LogP contribution in [0.4, 0.5) is 0 Å². The highest BCUT2D eigenvalue weighted by molar-refractivity contribution is 5.39. The molecule has 0 bridgehead atoms. The summed E-state index contributed by atoms with van der Waals surface area (Å²) in [5, 5.41) is 0. The third kappa shape index (κ3) is 4.08. The van der Waals surface area contributed by atoms with E-state index < -0.39 is 0 Å². The summed E-state index contributed by atoms with van der Waals surface area (Å²) in [6.45, 7) is 9.93. The Bertz CT molecular complexity index is 594. The molecule has 0 amide bonds. The molecule has 2 N–H and O–H groups in total. The molecule has 0 heterocycles. The fraction of sp³-hybridized carbons (Fsp3) is 0.368. The maximum absolute atomic E-state index is 5.93. The minimum absolute atomic E-state index is 0.168. The predicted molar refractivity (Wildman–Crippen MR) is 88.5 cm³/mol. The quantitative estimate of drug-likeness (QED) is 0.906. The largest absolute Gasteiger partial charge is 0.489 e. The molecular formula is C19H25NO. The first-order chi connectivity index (χ1) is 9.90. The van der Waals surface area contributed by atoms with Gasteiger partial charge in [-0.2, -0.15) is 0 Å². The van der Waals surface area contributed by atoms with E-state index in [9.17, 15) is 0 Å². The van der Waals surface area contributed by atoms with Gasteiger partial charge in [0.05, 0.1) is 0 Å². The lowest BCUT2D eigenvalue weighted by Gasteiger charge is -2.20. The van der Waals surface area contributed by atoms with Crippen molar-refractivity contribution in [2.45, 2.75) is 46.3 Å². The average molecular weight is 283 g/mol. The Labute approximate surface area is 127 Å². The molecule has 2 heteroatoms. The van der Waals surface area contributed by atoms with E-state index in [1.807, 2.05) is 12.1 Å². The molecule has 0 atom stereocenters. The zero-order valence-electron chi connectivity index (χ0n) is 13.4. The van der Waals surface area contributed by atoms with Crippen molar-refractivity contribution in [1.29, 1.82) is 0 Å². The summed E-state index contributed by atoms with van der Waals surface area (Å²) in [7, 11) is 0. The lowest BCUT2D eigenvalue weighted by Crippen LogP contribution is -2.11. The van der Waals surface area contributed by atoms with Gasteiger partial charge in [-0.3, -0.25) is 0 Å². The van der Waals surface area contributed by atoms with E-state index in [0.29, 0.717) is 13.2 Å². The number of hydrogen-bond donors (Lipinski definition) is 1. The van der Waals surface area contributed by atoms with Gasteiger partial charge in [-0.1, -0.05) is 57.2 Å². The van der Waals surface area contributed by atoms with Gasteiger partial charge in [-0.05, 0) is 40.7 Å². The zero-order valence-corrected chi connectivity index (χ0v) is 13.4. The van der Waals surface area contributed by atoms with Gasteiger partial charge in [0.1, 0.15) is 12.4 Å². The van der Waals surface area contributed by atoms with Crippen LogP contribution in [-0.2, 0) is 18.6 Å². The van der Waals surface area contributed by atoms with Crippen LogP contribution in [0.25, 0.3) is 0 Å². The van der Waals surface area contributed by atoms with Crippen LogP contribution in [0.3, 0.4) is 0 Å². The van der Waals surface area contributed by atoms with Gasteiger partial charge in [0.15, 0.2) is 0 Å². The van der Waals surface area contributed by atoms with E-state index in [1.165, 1.54) is 11.1 Å². The monoisotopic (exact) mass is 283 g/mol. The van der Waals surface area contributed by atoms with E-state index in [1.54, 1.807) is 0 Å². The summed E-state index contributed by atoms with van der Waals surface area (Å²) in [4.78, 5) is 0. The summed E-state index contributed by atoms with van der Waals surface area (Å²) in [6, 6.07) is 14.7. The Kier molecular flexibility index (Phi) is 4.69. The SMILES string of the molecule is Cc1cc(C(C)(C)C)ccc1OCc1ccc(CN)cc1. The third-order valence-corrected chi connectivity index (χ3v) is 3.69. The summed E-state index contributed by atoms with van der Waals surface area (Å²) < 4.78 is 5.93. The maximum atomic E-state index is 5.93. The molecule has 112 valence electrons. The molecule has 0 spiro atoms. The number of ether oxygens (including phenoxy) is 1. The Morgan fingerprint density at radius 3 is 2.10 bits per heavy atom. The number of hydrogen-bond acceptors (Lipinski definition) is 2. The molecule has 0 radical (unpaired) electrons. The van der Waals surface area contributed by atoms with E-state index in [0.717, 1.165) is 16.9 Å². The summed E-state index contributed by atoms with van der Waals surface area (Å²) in [5.74, 6) is 0.950. The highest BCUT2D eigenvalue weighted by Gasteiger charge is 2.14. The highest BCUT2D eigenvalue weighted by atomic mass is 16.5. The summed E-state index contributed by atoms with van der Waals surface area (Å²) in [5.41, 5.74) is 10.6. The standard InChI is InChI=1S/C19H25NO/c1-14-11-17(19(2,3)4)9-10-18(14)21-13-16-7-5-15(12-20)6-8-16/h5-11H,12-13,20H2,1-4H3. The molecule has 0 aliphatic carbocycles. The molecule has 0 unspecified atom stereocenters. The Morgan fingerprint density at radius 2 is 1.57 bits per heavy atom. The van der Waals surface area contributed by atoms with Crippen molar-refractivity contribution in [2.24, 2.45) is 5.73 Å². The maximum Gasteiger partial charge on any atom is 0.122 e. The molecule has 0 saturated heterocycles. The first-order valence-electron chi connectivity index (χ1n) is 7.42. The van der Waals surface area contributed by atoms with Gasteiger partial charge < -0.3 is 10.5 Å². The molecule has 21 heavy (non-hydrogen) atoms. The fourth-order valence-electron chi connectivity index (χ4n) is 2.21. The van der Waals surface area contributed by atoms with Crippen molar-refractivity contribution in [2.75, 3.05) is 0 Å². The molecule has 2 aromatic carbocycles. The van der Waals surface area contributed by atoms with Gasteiger partial charge in [-0.15, -0.1) is 0 Å². The lowest BCUT2D eigenvalue weighted by atomic mass is 9.86. The lowest BCUT2D eigenvalue weighted by molar-refractivity contribution is 0.304. The molecule has 2 nitrogen and oxygen atoms in total. The second-order valence-corrected chi connectivity index (χ2v) is 6.54. The summed E-state index contributed by atoms with van der Waals surface area (Å²) in [6.07, 6.45) is 0. The summed E-state index contributed by atoms with van der Waals surface area (Å²) >= 11 is 0.